The molecule has 2 rings (SSSR count). The van der Waals surface area contributed by atoms with Crippen molar-refractivity contribution in [2.75, 3.05) is 0 Å². The maximum absolute atomic E-state index is 11.0. The maximum atomic E-state index is 11.0. The van der Waals surface area contributed by atoms with E-state index in [1.807, 2.05) is 0 Å². The molecule has 1 aromatic carbocycles. The molecule has 0 bridgehead atoms. The van der Waals surface area contributed by atoms with Crippen molar-refractivity contribution in [2.45, 2.75) is 6.10 Å². The highest BCUT2D eigenvalue weighted by molar-refractivity contribution is 7.10. The van der Waals surface area contributed by atoms with Crippen molar-refractivity contribution in [1.82, 2.24) is 0 Å². The maximum Gasteiger partial charge on any atom is 0.336 e. The normalized spacial score (nSPS) is 12.4. The van der Waals surface area contributed by atoms with Gasteiger partial charge in [-0.1, -0.05) is 29.8 Å². The molecule has 1 atom stereocenters. The standard InChI is InChI=1S/C12H9ClO3S/c13-9-5-6-17-11(9)10(14)7-3-1-2-4-8(7)12(15)16/h1-6,10,14H,(H,15,16). The average molecular weight is 269 g/mol. The first-order chi connectivity index (χ1) is 8.11. The summed E-state index contributed by atoms with van der Waals surface area (Å²) in [5.74, 6) is -1.06. The molecule has 0 saturated carbocycles. The van der Waals surface area contributed by atoms with Gasteiger partial charge in [0.2, 0.25) is 0 Å². The molecule has 2 aromatic rings. The van der Waals surface area contributed by atoms with Crippen LogP contribution in [-0.2, 0) is 0 Å². The number of benzene rings is 1. The van der Waals surface area contributed by atoms with E-state index in [4.69, 9.17) is 16.7 Å². The lowest BCUT2D eigenvalue weighted by atomic mass is 10.0. The highest BCUT2D eigenvalue weighted by Gasteiger charge is 2.20. The first-order valence-corrected chi connectivity index (χ1v) is 6.10. The van der Waals surface area contributed by atoms with E-state index in [-0.39, 0.29) is 5.56 Å². The highest BCUT2D eigenvalue weighted by Crippen LogP contribution is 2.34. The first-order valence-electron chi connectivity index (χ1n) is 4.84. The molecule has 0 aliphatic rings. The lowest BCUT2D eigenvalue weighted by Gasteiger charge is -2.12. The van der Waals surface area contributed by atoms with Gasteiger partial charge in [-0.15, -0.1) is 11.3 Å². The van der Waals surface area contributed by atoms with Crippen LogP contribution in [0.2, 0.25) is 5.02 Å². The Labute approximate surface area is 107 Å². The van der Waals surface area contributed by atoms with Crippen molar-refractivity contribution >= 4 is 28.9 Å². The summed E-state index contributed by atoms with van der Waals surface area (Å²) < 4.78 is 0. The van der Waals surface area contributed by atoms with Crippen LogP contribution in [-0.4, -0.2) is 16.2 Å². The van der Waals surface area contributed by atoms with E-state index < -0.39 is 12.1 Å². The van der Waals surface area contributed by atoms with Crippen LogP contribution in [0.15, 0.2) is 35.7 Å². The van der Waals surface area contributed by atoms with Gasteiger partial charge < -0.3 is 10.2 Å². The van der Waals surface area contributed by atoms with Gasteiger partial charge in [0.15, 0.2) is 0 Å². The quantitative estimate of drug-likeness (QED) is 0.899. The lowest BCUT2D eigenvalue weighted by molar-refractivity contribution is 0.0691. The summed E-state index contributed by atoms with van der Waals surface area (Å²) in [5, 5.41) is 21.4. The number of hydrogen-bond acceptors (Lipinski definition) is 3. The third-order valence-corrected chi connectivity index (χ3v) is 3.79. The molecule has 5 heteroatoms. The molecule has 1 heterocycles. The smallest absolute Gasteiger partial charge is 0.336 e. The molecule has 2 N–H and O–H groups in total. The number of hydrogen-bond donors (Lipinski definition) is 2. The molecule has 88 valence electrons. The summed E-state index contributed by atoms with van der Waals surface area (Å²) in [5.41, 5.74) is 0.439. The second kappa shape index (κ2) is 4.87. The molecule has 0 fully saturated rings. The van der Waals surface area contributed by atoms with Gasteiger partial charge in [-0.05, 0) is 17.5 Å². The van der Waals surface area contributed by atoms with Crippen LogP contribution in [0, 0.1) is 0 Å². The molecular formula is C12H9ClO3S. The molecule has 0 aliphatic heterocycles. The van der Waals surface area contributed by atoms with E-state index in [1.165, 1.54) is 17.4 Å². The van der Waals surface area contributed by atoms with E-state index in [0.29, 0.717) is 15.5 Å². The minimum atomic E-state index is -1.06. The molecule has 0 saturated heterocycles. The van der Waals surface area contributed by atoms with Crippen LogP contribution in [0.3, 0.4) is 0 Å². The van der Waals surface area contributed by atoms with E-state index in [9.17, 15) is 9.90 Å². The van der Waals surface area contributed by atoms with Crippen molar-refractivity contribution in [2.24, 2.45) is 0 Å². The predicted octanol–water partition coefficient (Wildman–Crippen LogP) is 3.18. The minimum Gasteiger partial charge on any atom is -0.478 e. The fourth-order valence-electron chi connectivity index (χ4n) is 1.57. The average Bonchev–Trinajstić information content (AvgIpc) is 2.74. The lowest BCUT2D eigenvalue weighted by Crippen LogP contribution is -2.07. The van der Waals surface area contributed by atoms with Crippen LogP contribution in [0.4, 0.5) is 0 Å². The van der Waals surface area contributed by atoms with Gasteiger partial charge >= 0.3 is 5.97 Å². The summed E-state index contributed by atoms with van der Waals surface area (Å²) in [6, 6.07) is 8.03. The number of aliphatic hydroxyl groups is 1. The Morgan fingerprint density at radius 1 is 1.29 bits per heavy atom. The van der Waals surface area contributed by atoms with Gasteiger partial charge in [-0.3, -0.25) is 0 Å². The van der Waals surface area contributed by atoms with Crippen molar-refractivity contribution in [1.29, 1.82) is 0 Å². The van der Waals surface area contributed by atoms with Gasteiger partial charge in [0.1, 0.15) is 6.10 Å². The molecule has 1 aromatic heterocycles. The number of rotatable bonds is 3. The molecule has 0 radical (unpaired) electrons. The number of aliphatic hydroxyl groups excluding tert-OH is 1. The van der Waals surface area contributed by atoms with Crippen LogP contribution < -0.4 is 0 Å². The predicted molar refractivity (Wildman–Crippen MR) is 66.8 cm³/mol. The zero-order chi connectivity index (χ0) is 12.4. The number of halogens is 1. The topological polar surface area (TPSA) is 57.5 Å². The van der Waals surface area contributed by atoms with E-state index in [2.05, 4.69) is 0 Å². The molecule has 1 unspecified atom stereocenters. The summed E-state index contributed by atoms with van der Waals surface area (Å²) in [6.07, 6.45) is -1.00. The largest absolute Gasteiger partial charge is 0.478 e. The van der Waals surface area contributed by atoms with Crippen molar-refractivity contribution in [3.05, 3.63) is 56.7 Å². The SMILES string of the molecule is O=C(O)c1ccccc1C(O)c1sccc1Cl. The molecule has 17 heavy (non-hydrogen) atoms. The Morgan fingerprint density at radius 3 is 2.59 bits per heavy atom. The van der Waals surface area contributed by atoms with Gasteiger partial charge in [0.05, 0.1) is 15.5 Å². The Bertz CT molecular complexity index is 550. The molecule has 0 amide bonds. The first kappa shape index (κ1) is 12.1. The second-order valence-electron chi connectivity index (χ2n) is 3.43. The van der Waals surface area contributed by atoms with Crippen molar-refractivity contribution in [3.8, 4) is 0 Å². The number of carboxylic acid groups (broad SMARTS) is 1. The van der Waals surface area contributed by atoms with Crippen LogP contribution in [0.25, 0.3) is 0 Å². The number of carbonyl (C=O) groups is 1. The zero-order valence-electron chi connectivity index (χ0n) is 8.63. The molecular weight excluding hydrogens is 260 g/mol. The van der Waals surface area contributed by atoms with E-state index in [1.54, 1.807) is 29.6 Å². The number of carboxylic acids is 1. The summed E-state index contributed by atoms with van der Waals surface area (Å²) in [7, 11) is 0. The summed E-state index contributed by atoms with van der Waals surface area (Å²) in [6.45, 7) is 0. The Kier molecular flexibility index (Phi) is 3.47. The fraction of sp³-hybridized carbons (Fsp3) is 0.0833. The monoisotopic (exact) mass is 268 g/mol. The van der Waals surface area contributed by atoms with Crippen molar-refractivity contribution in [3.63, 3.8) is 0 Å². The number of aromatic carboxylic acids is 1. The van der Waals surface area contributed by atoms with Crippen LogP contribution in [0.1, 0.15) is 26.9 Å². The molecule has 0 aliphatic carbocycles. The summed E-state index contributed by atoms with van der Waals surface area (Å²) >= 11 is 7.22. The van der Waals surface area contributed by atoms with E-state index in [0.717, 1.165) is 0 Å². The Balaban J connectivity index is 2.48. The number of thiophene rings is 1. The van der Waals surface area contributed by atoms with Crippen LogP contribution >= 0.6 is 22.9 Å². The zero-order valence-corrected chi connectivity index (χ0v) is 10.2. The Hall–Kier alpha value is -1.36. The third kappa shape index (κ3) is 2.34. The Morgan fingerprint density at radius 2 is 2.00 bits per heavy atom. The van der Waals surface area contributed by atoms with Gasteiger partial charge in [0, 0.05) is 5.56 Å². The van der Waals surface area contributed by atoms with E-state index >= 15 is 0 Å². The van der Waals surface area contributed by atoms with Crippen LogP contribution in [0.5, 0.6) is 0 Å². The van der Waals surface area contributed by atoms with Gasteiger partial charge in [-0.2, -0.15) is 0 Å². The molecule has 0 spiro atoms. The third-order valence-electron chi connectivity index (χ3n) is 2.38. The van der Waals surface area contributed by atoms with Gasteiger partial charge in [0.25, 0.3) is 0 Å². The van der Waals surface area contributed by atoms with Gasteiger partial charge in [-0.25, -0.2) is 4.79 Å². The highest BCUT2D eigenvalue weighted by atomic mass is 35.5. The minimum absolute atomic E-state index is 0.0875. The van der Waals surface area contributed by atoms with Crippen molar-refractivity contribution < 1.29 is 15.0 Å². The summed E-state index contributed by atoms with van der Waals surface area (Å²) in [4.78, 5) is 11.6. The second-order valence-corrected chi connectivity index (χ2v) is 4.78. The molecule has 3 nitrogen and oxygen atoms in total. The fourth-order valence-corrected chi connectivity index (χ4v) is 2.73.